The predicted molar refractivity (Wildman–Crippen MR) is 200 cm³/mol. The zero-order valence-electron chi connectivity index (χ0n) is 28.2. The first kappa shape index (κ1) is 33.0. The summed E-state index contributed by atoms with van der Waals surface area (Å²) in [6.45, 7) is 18.4. The topological polar surface area (TPSA) is 0 Å². The van der Waals surface area contributed by atoms with E-state index in [0.29, 0.717) is 0 Å². The summed E-state index contributed by atoms with van der Waals surface area (Å²) in [5.41, 5.74) is 18.6. The van der Waals surface area contributed by atoms with Gasteiger partial charge in [0.2, 0.25) is 0 Å². The fraction of sp³-hybridized carbons (Fsp3) is 0.317. The van der Waals surface area contributed by atoms with Gasteiger partial charge in [-0.2, -0.15) is 0 Å². The van der Waals surface area contributed by atoms with E-state index >= 15 is 0 Å². The fourth-order valence-corrected chi connectivity index (χ4v) is 40.6. The van der Waals surface area contributed by atoms with Crippen molar-refractivity contribution in [2.75, 3.05) is 0 Å². The first-order chi connectivity index (χ1) is 21.4. The van der Waals surface area contributed by atoms with Crippen molar-refractivity contribution in [3.8, 4) is 22.3 Å². The second kappa shape index (κ2) is 12.2. The molecule has 0 saturated heterocycles. The van der Waals surface area contributed by atoms with Gasteiger partial charge in [0, 0.05) is 0 Å². The summed E-state index contributed by atoms with van der Waals surface area (Å²) in [6.07, 6.45) is 7.96. The van der Waals surface area contributed by atoms with E-state index in [1.165, 1.54) is 77.9 Å². The third-order valence-corrected chi connectivity index (χ3v) is 62.9. The van der Waals surface area contributed by atoms with Gasteiger partial charge in [-0.15, -0.1) is 0 Å². The van der Waals surface area contributed by atoms with Crippen LogP contribution in [0.2, 0.25) is 13.1 Å². The second-order valence-corrected chi connectivity index (χ2v) is 56.4. The molecule has 2 unspecified atom stereocenters. The van der Waals surface area contributed by atoms with E-state index in [1.54, 1.807) is 0 Å². The molecule has 4 aromatic rings. The second-order valence-electron chi connectivity index (χ2n) is 13.9. The summed E-state index contributed by atoms with van der Waals surface area (Å²) in [4.78, 5) is 0. The average molecular weight is 730 g/mol. The molecule has 0 aliphatic heterocycles. The molecule has 2 aliphatic rings. The molecule has 6 rings (SSSR count). The van der Waals surface area contributed by atoms with Gasteiger partial charge in [-0.3, -0.25) is 0 Å². The Labute approximate surface area is 280 Å². The minimum absolute atomic E-state index is 0.101. The van der Waals surface area contributed by atoms with E-state index in [-0.39, 0.29) is 7.25 Å². The van der Waals surface area contributed by atoms with Gasteiger partial charge in [0.15, 0.2) is 0 Å². The molecule has 0 aromatic heterocycles. The minimum atomic E-state index is -4.77. The summed E-state index contributed by atoms with van der Waals surface area (Å²) in [6, 6.07) is 27.8. The molecule has 2 atom stereocenters. The van der Waals surface area contributed by atoms with Crippen LogP contribution in [0.25, 0.3) is 34.4 Å². The Morgan fingerprint density at radius 3 is 1.47 bits per heavy atom. The van der Waals surface area contributed by atoms with Crippen LogP contribution in [-0.2, 0) is 28.4 Å². The van der Waals surface area contributed by atoms with Crippen LogP contribution in [0.15, 0.2) is 83.9 Å². The van der Waals surface area contributed by atoms with Gasteiger partial charge < -0.3 is 0 Å². The summed E-state index contributed by atoms with van der Waals surface area (Å²) < 4.78 is 0.214. The van der Waals surface area contributed by atoms with Crippen molar-refractivity contribution in [1.29, 1.82) is 0 Å². The van der Waals surface area contributed by atoms with E-state index in [4.69, 9.17) is 17.0 Å². The van der Waals surface area contributed by atoms with Crippen molar-refractivity contribution in [2.45, 2.75) is 81.2 Å². The van der Waals surface area contributed by atoms with Gasteiger partial charge in [0.1, 0.15) is 0 Å². The van der Waals surface area contributed by atoms with Crippen LogP contribution in [0.5, 0.6) is 0 Å². The van der Waals surface area contributed by atoms with E-state index < -0.39 is 21.5 Å². The maximum absolute atomic E-state index is 8.60. The molecule has 4 heteroatoms. The van der Waals surface area contributed by atoms with E-state index in [2.05, 4.69) is 140 Å². The number of hydrogen-bond donors (Lipinski definition) is 0. The van der Waals surface area contributed by atoms with Crippen LogP contribution in [0.1, 0.15) is 85.9 Å². The van der Waals surface area contributed by atoms with Crippen molar-refractivity contribution in [3.63, 3.8) is 0 Å². The zero-order valence-corrected chi connectivity index (χ0v) is 33.3. The van der Waals surface area contributed by atoms with Gasteiger partial charge in [-0.05, 0) is 0 Å². The van der Waals surface area contributed by atoms with Crippen LogP contribution >= 0.6 is 17.0 Å². The van der Waals surface area contributed by atoms with Gasteiger partial charge in [-0.1, -0.05) is 0 Å². The Hall–Kier alpha value is -1.96. The number of hydrogen-bond acceptors (Lipinski definition) is 0. The zero-order chi connectivity index (χ0) is 32.3. The van der Waals surface area contributed by atoms with E-state index in [0.717, 1.165) is 19.3 Å². The van der Waals surface area contributed by atoms with Crippen molar-refractivity contribution in [2.24, 2.45) is 0 Å². The van der Waals surface area contributed by atoms with Crippen LogP contribution in [0.4, 0.5) is 0 Å². The van der Waals surface area contributed by atoms with Gasteiger partial charge in [0.25, 0.3) is 0 Å². The first-order valence-electron chi connectivity index (χ1n) is 16.8. The number of halogens is 2. The molecule has 2 aliphatic carbocycles. The van der Waals surface area contributed by atoms with Crippen molar-refractivity contribution in [3.05, 3.63) is 128 Å². The van der Waals surface area contributed by atoms with Crippen molar-refractivity contribution in [1.82, 2.24) is 0 Å². The van der Waals surface area contributed by atoms with E-state index in [1.807, 2.05) is 0 Å². The van der Waals surface area contributed by atoms with Crippen molar-refractivity contribution < 1.29 is 15.6 Å². The summed E-state index contributed by atoms with van der Waals surface area (Å²) in [5.74, 6) is -1.60. The monoisotopic (exact) mass is 727 g/mol. The Bertz CT molecular complexity index is 1840. The molecule has 0 nitrogen and oxygen atoms in total. The van der Waals surface area contributed by atoms with Crippen LogP contribution < -0.4 is 0 Å². The number of rotatable bonds is 8. The molecular weight excluding hydrogens is 683 g/mol. The molecule has 0 heterocycles. The number of aryl methyl sites for hydroxylation is 4. The molecule has 233 valence electrons. The third-order valence-electron chi connectivity index (χ3n) is 10.8. The number of allylic oxidation sites excluding steroid dienone is 2. The molecule has 45 heavy (non-hydrogen) atoms. The van der Waals surface area contributed by atoms with E-state index in [9.17, 15) is 0 Å². The Morgan fingerprint density at radius 2 is 1.04 bits per heavy atom. The number of benzene rings is 4. The summed E-state index contributed by atoms with van der Waals surface area (Å²) in [5, 5.41) is 0. The van der Waals surface area contributed by atoms with Gasteiger partial charge >= 0.3 is 283 Å². The molecular formula is C41H47Cl2SiZr. The maximum atomic E-state index is 8.60. The third kappa shape index (κ3) is 5.37. The summed E-state index contributed by atoms with van der Waals surface area (Å²) in [7, 11) is 17.2. The molecule has 4 aromatic carbocycles. The van der Waals surface area contributed by atoms with Crippen LogP contribution in [0.3, 0.4) is 0 Å². The molecule has 0 saturated carbocycles. The van der Waals surface area contributed by atoms with Crippen LogP contribution in [0, 0.1) is 13.8 Å². The molecule has 0 spiro atoms. The molecule has 0 N–H and O–H groups in total. The van der Waals surface area contributed by atoms with Crippen LogP contribution in [-0.4, -0.2) is 5.92 Å². The van der Waals surface area contributed by atoms with Gasteiger partial charge in [0.05, 0.1) is 0 Å². The van der Waals surface area contributed by atoms with Crippen molar-refractivity contribution >= 4 is 35.1 Å². The Kier molecular flexibility index (Phi) is 8.97. The molecule has 0 radical (unpaired) electrons. The Morgan fingerprint density at radius 1 is 0.600 bits per heavy atom. The number of fused-ring (bicyclic) bond motifs is 2. The molecule has 0 bridgehead atoms. The fourth-order valence-electron chi connectivity index (χ4n) is 8.32. The molecule has 0 fully saturated rings. The quantitative estimate of drug-likeness (QED) is 0.158. The first-order valence-corrected chi connectivity index (χ1v) is 33.2. The normalized spacial score (nSPS) is 18.3. The predicted octanol–water partition coefficient (Wildman–Crippen LogP) is 12.7. The standard InChI is InChI=1S/C20H21.C19H19.C2H7Si.2ClH.Zr/c1-4-15-6-8-17(9-7-15)19-11-14(3)10-18-12-16(5-2)13-20(18)19;1-4-15-5-7-16(8-6-15)18-11-13(2)9-17-10-14(3)12-19(17)18;1-3-2;;;/h6-13H,4-5H2,1-3H3;5-12H,4H2,1-3H3;3H,1-2H3;2*1H;/q;;;;;+2/p-2. The Balaban J connectivity index is 1.57. The average Bonchev–Trinajstić information content (AvgIpc) is 3.58. The van der Waals surface area contributed by atoms with Gasteiger partial charge in [-0.25, -0.2) is 0 Å². The summed E-state index contributed by atoms with van der Waals surface area (Å²) >= 11 is -4.77. The molecule has 0 amide bonds. The SMILES string of the molecule is CCC1=Cc2c(-c3ccc(CC)cc3)cc(C)cc2[CH]1[Zr]([Cl])([Cl])([CH]1C(C)=Cc2c(-c3ccc(CC)cc3)cc(C)cc21)[SiH](C)C.